The molecule has 1 saturated carbocycles. The molecule has 1 aliphatic heterocycles. The van der Waals surface area contributed by atoms with Crippen LogP contribution in [0, 0.1) is 5.92 Å². The number of para-hydroxylation sites is 1. The Morgan fingerprint density at radius 1 is 0.931 bits per heavy atom. The molecule has 0 spiro atoms. The van der Waals surface area contributed by atoms with E-state index in [4.69, 9.17) is 11.6 Å². The molecule has 2 unspecified atom stereocenters. The Hall–Kier alpha value is -1.55. The largest absolute Gasteiger partial charge is 0.390 e. The minimum atomic E-state index is -0.520. The molecule has 2 aromatic carbocycles. The fourth-order valence-corrected chi connectivity index (χ4v) is 5.34. The Bertz CT molecular complexity index is 775. The van der Waals surface area contributed by atoms with Gasteiger partial charge in [0, 0.05) is 38.6 Å². The van der Waals surface area contributed by atoms with Crippen molar-refractivity contribution >= 4 is 17.3 Å². The molecule has 4 rings (SSSR count). The summed E-state index contributed by atoms with van der Waals surface area (Å²) >= 11 is 6.38. The van der Waals surface area contributed by atoms with E-state index in [0.717, 1.165) is 75.5 Å². The van der Waals surface area contributed by atoms with Gasteiger partial charge in [0.2, 0.25) is 0 Å². The second-order valence-electron chi connectivity index (χ2n) is 8.77. The van der Waals surface area contributed by atoms with Crippen LogP contribution in [0.3, 0.4) is 0 Å². The van der Waals surface area contributed by atoms with Gasteiger partial charge in [0.1, 0.15) is 0 Å². The van der Waals surface area contributed by atoms with Crippen LogP contribution in [-0.2, 0) is 6.42 Å². The fourth-order valence-electron chi connectivity index (χ4n) is 5.08. The zero-order chi connectivity index (χ0) is 20.1. The molecule has 1 N–H and O–H groups in total. The normalized spacial score (nSPS) is 25.9. The van der Waals surface area contributed by atoms with Crippen LogP contribution in [0.25, 0.3) is 0 Å². The van der Waals surface area contributed by atoms with Crippen LogP contribution in [0.5, 0.6) is 0 Å². The van der Waals surface area contributed by atoms with Crippen molar-refractivity contribution in [2.75, 3.05) is 37.6 Å². The van der Waals surface area contributed by atoms with Crippen molar-refractivity contribution in [3.63, 3.8) is 0 Å². The molecule has 1 saturated heterocycles. The minimum absolute atomic E-state index is 0.381. The quantitative estimate of drug-likeness (QED) is 0.721. The molecular formula is C25H33ClN2O. The van der Waals surface area contributed by atoms with Gasteiger partial charge in [-0.1, -0.05) is 66.9 Å². The second-order valence-corrected chi connectivity index (χ2v) is 9.18. The molecule has 2 atom stereocenters. The van der Waals surface area contributed by atoms with Crippen molar-refractivity contribution in [2.45, 2.75) is 44.1 Å². The lowest BCUT2D eigenvalue weighted by Gasteiger charge is -2.44. The van der Waals surface area contributed by atoms with Gasteiger partial charge in [0.25, 0.3) is 0 Å². The predicted molar refractivity (Wildman–Crippen MR) is 122 cm³/mol. The monoisotopic (exact) mass is 412 g/mol. The lowest BCUT2D eigenvalue weighted by Crippen LogP contribution is -2.52. The second kappa shape index (κ2) is 9.51. The number of rotatable bonds is 6. The third-order valence-corrected chi connectivity index (χ3v) is 7.23. The SMILES string of the molecule is OC1(CCc2ccccc2)CCCCC1CN1CCN(c2ccccc2Cl)CC1. The molecule has 0 amide bonds. The highest BCUT2D eigenvalue weighted by Crippen LogP contribution is 2.38. The van der Waals surface area contributed by atoms with Crippen LogP contribution in [0.4, 0.5) is 5.69 Å². The Labute approximate surface area is 180 Å². The van der Waals surface area contributed by atoms with Gasteiger partial charge in [-0.2, -0.15) is 0 Å². The third kappa shape index (κ3) is 5.14. The van der Waals surface area contributed by atoms with Gasteiger partial charge in [-0.15, -0.1) is 0 Å². The smallest absolute Gasteiger partial charge is 0.0691 e. The summed E-state index contributed by atoms with van der Waals surface area (Å²) in [6.45, 7) is 5.09. The first-order valence-electron chi connectivity index (χ1n) is 11.1. The molecule has 0 radical (unpaired) electrons. The van der Waals surface area contributed by atoms with E-state index in [1.165, 1.54) is 12.0 Å². The zero-order valence-corrected chi connectivity index (χ0v) is 18.0. The highest BCUT2D eigenvalue weighted by molar-refractivity contribution is 6.33. The number of aryl methyl sites for hydroxylation is 1. The number of benzene rings is 2. The van der Waals surface area contributed by atoms with Crippen LogP contribution < -0.4 is 4.90 Å². The molecular weight excluding hydrogens is 380 g/mol. The van der Waals surface area contributed by atoms with E-state index in [9.17, 15) is 5.11 Å². The molecule has 29 heavy (non-hydrogen) atoms. The van der Waals surface area contributed by atoms with Gasteiger partial charge in [-0.3, -0.25) is 4.90 Å². The minimum Gasteiger partial charge on any atom is -0.390 e. The summed E-state index contributed by atoms with van der Waals surface area (Å²) < 4.78 is 0. The Balaban J connectivity index is 1.33. The first-order valence-corrected chi connectivity index (χ1v) is 11.5. The molecule has 2 aliphatic rings. The predicted octanol–water partition coefficient (Wildman–Crippen LogP) is 5.02. The van der Waals surface area contributed by atoms with Gasteiger partial charge >= 0.3 is 0 Å². The van der Waals surface area contributed by atoms with Crippen molar-refractivity contribution in [1.82, 2.24) is 4.90 Å². The molecule has 1 aliphatic carbocycles. The first-order chi connectivity index (χ1) is 14.1. The topological polar surface area (TPSA) is 26.7 Å². The highest BCUT2D eigenvalue weighted by Gasteiger charge is 2.39. The molecule has 0 aromatic heterocycles. The standard InChI is InChI=1S/C25H33ClN2O/c26-23-11-4-5-12-24(23)28-18-16-27(17-19-28)20-22-10-6-7-14-25(22,29)15-13-21-8-2-1-3-9-21/h1-5,8-9,11-12,22,29H,6-7,10,13-20H2. The van der Waals surface area contributed by atoms with E-state index in [2.05, 4.69) is 52.3 Å². The Kier molecular flexibility index (Phi) is 6.79. The number of hydrogen-bond acceptors (Lipinski definition) is 3. The average molecular weight is 413 g/mol. The number of aliphatic hydroxyl groups is 1. The van der Waals surface area contributed by atoms with Crippen LogP contribution in [0.1, 0.15) is 37.7 Å². The maximum absolute atomic E-state index is 11.5. The van der Waals surface area contributed by atoms with Crippen molar-refractivity contribution in [3.8, 4) is 0 Å². The number of nitrogens with zero attached hydrogens (tertiary/aromatic N) is 2. The number of piperazine rings is 1. The Morgan fingerprint density at radius 3 is 2.41 bits per heavy atom. The molecule has 2 aromatic rings. The van der Waals surface area contributed by atoms with E-state index < -0.39 is 5.60 Å². The fraction of sp³-hybridized carbons (Fsp3) is 0.520. The zero-order valence-electron chi connectivity index (χ0n) is 17.3. The van der Waals surface area contributed by atoms with E-state index in [1.54, 1.807) is 0 Å². The van der Waals surface area contributed by atoms with Gasteiger partial charge in [0.15, 0.2) is 0 Å². The van der Waals surface area contributed by atoms with Crippen LogP contribution >= 0.6 is 11.6 Å². The molecule has 0 bridgehead atoms. The van der Waals surface area contributed by atoms with Crippen LogP contribution in [0.2, 0.25) is 5.02 Å². The van der Waals surface area contributed by atoms with Crippen molar-refractivity contribution in [1.29, 1.82) is 0 Å². The van der Waals surface area contributed by atoms with Gasteiger partial charge in [0.05, 0.1) is 16.3 Å². The van der Waals surface area contributed by atoms with E-state index in [-0.39, 0.29) is 0 Å². The van der Waals surface area contributed by atoms with E-state index in [0.29, 0.717) is 5.92 Å². The van der Waals surface area contributed by atoms with Gasteiger partial charge in [-0.05, 0) is 43.4 Å². The lowest BCUT2D eigenvalue weighted by molar-refractivity contribution is -0.0657. The molecule has 4 heteroatoms. The summed E-state index contributed by atoms with van der Waals surface area (Å²) in [7, 11) is 0. The average Bonchev–Trinajstić information content (AvgIpc) is 2.76. The van der Waals surface area contributed by atoms with Gasteiger partial charge in [-0.25, -0.2) is 0 Å². The summed E-state index contributed by atoms with van der Waals surface area (Å²) in [6, 6.07) is 18.7. The summed E-state index contributed by atoms with van der Waals surface area (Å²) in [5, 5.41) is 12.4. The highest BCUT2D eigenvalue weighted by atomic mass is 35.5. The van der Waals surface area contributed by atoms with E-state index >= 15 is 0 Å². The van der Waals surface area contributed by atoms with Crippen LogP contribution in [-0.4, -0.2) is 48.3 Å². The van der Waals surface area contributed by atoms with Crippen LogP contribution in [0.15, 0.2) is 54.6 Å². The maximum atomic E-state index is 11.5. The molecule has 1 heterocycles. The first kappa shape index (κ1) is 20.7. The lowest BCUT2D eigenvalue weighted by atomic mass is 9.72. The molecule has 156 valence electrons. The van der Waals surface area contributed by atoms with Crippen molar-refractivity contribution < 1.29 is 5.11 Å². The van der Waals surface area contributed by atoms with Crippen molar-refractivity contribution in [2.24, 2.45) is 5.92 Å². The summed E-state index contributed by atoms with van der Waals surface area (Å²) in [6.07, 6.45) is 6.34. The maximum Gasteiger partial charge on any atom is 0.0691 e. The third-order valence-electron chi connectivity index (χ3n) is 6.91. The summed E-state index contributed by atoms with van der Waals surface area (Å²) in [5.74, 6) is 0.381. The number of hydrogen-bond donors (Lipinski definition) is 1. The van der Waals surface area contributed by atoms with Gasteiger partial charge < -0.3 is 10.0 Å². The number of halogens is 1. The van der Waals surface area contributed by atoms with Crippen molar-refractivity contribution in [3.05, 3.63) is 65.2 Å². The number of anilines is 1. The Morgan fingerprint density at radius 2 is 1.66 bits per heavy atom. The van der Waals surface area contributed by atoms with E-state index in [1.807, 2.05) is 12.1 Å². The summed E-state index contributed by atoms with van der Waals surface area (Å²) in [5.41, 5.74) is 1.96. The summed E-state index contributed by atoms with van der Waals surface area (Å²) in [4.78, 5) is 4.94. The molecule has 2 fully saturated rings. The molecule has 3 nitrogen and oxygen atoms in total.